The van der Waals surface area contributed by atoms with Crippen molar-refractivity contribution in [3.05, 3.63) is 0 Å². The Labute approximate surface area is 174 Å². The van der Waals surface area contributed by atoms with Crippen LogP contribution in [0.5, 0.6) is 0 Å². The molecule has 28 heavy (non-hydrogen) atoms. The van der Waals surface area contributed by atoms with Gasteiger partial charge < -0.3 is 9.47 Å². The van der Waals surface area contributed by atoms with Gasteiger partial charge in [-0.25, -0.2) is 0 Å². The van der Waals surface area contributed by atoms with E-state index in [4.69, 9.17) is 9.47 Å². The Kier molecular flexibility index (Phi) is 3.87. The summed E-state index contributed by atoms with van der Waals surface area (Å²) < 4.78 is 12.4. The number of carbonyl (C=O) groups excluding carboxylic acids is 1. The second-order valence-corrected chi connectivity index (χ2v) is 12.7. The standard InChI is InChI=1S/C24H36O3S/c1-15(25)17-4-5-18-16-12-20-22(3)13-24(26-10-11-27-24)9-8-23(22,14-28-20)19(16)6-7-21(17,18)2/h16-20H,4-14H2,1-3H3/t16?,17?,18?,19?,20?,21?,22-,23?/m1/s1. The molecule has 2 aliphatic heterocycles. The highest BCUT2D eigenvalue weighted by atomic mass is 32.2. The lowest BCUT2D eigenvalue weighted by atomic mass is 9.40. The van der Waals surface area contributed by atoms with Gasteiger partial charge in [0, 0.05) is 29.8 Å². The zero-order valence-electron chi connectivity index (χ0n) is 17.8. The van der Waals surface area contributed by atoms with Crippen molar-refractivity contribution in [1.82, 2.24) is 0 Å². The van der Waals surface area contributed by atoms with Crippen LogP contribution in [-0.4, -0.2) is 35.8 Å². The predicted molar refractivity (Wildman–Crippen MR) is 111 cm³/mol. The Morgan fingerprint density at radius 3 is 2.54 bits per heavy atom. The molecule has 0 amide bonds. The van der Waals surface area contributed by atoms with Crippen LogP contribution in [0.2, 0.25) is 0 Å². The maximum absolute atomic E-state index is 12.4. The Hall–Kier alpha value is -0.0600. The third-order valence-corrected chi connectivity index (χ3v) is 12.7. The number of Topliss-reactive ketones (excluding diaryl/α,β-unsaturated/α-hetero) is 1. The minimum atomic E-state index is -0.273. The number of rotatable bonds is 1. The number of hydrogen-bond acceptors (Lipinski definition) is 4. The van der Waals surface area contributed by atoms with Gasteiger partial charge in [0.1, 0.15) is 5.78 Å². The summed E-state index contributed by atoms with van der Waals surface area (Å²) in [6, 6.07) is 0. The van der Waals surface area contributed by atoms with E-state index in [1.807, 2.05) is 6.92 Å². The molecule has 2 saturated heterocycles. The van der Waals surface area contributed by atoms with Crippen molar-refractivity contribution in [1.29, 1.82) is 0 Å². The van der Waals surface area contributed by atoms with Gasteiger partial charge in [-0.2, -0.15) is 11.8 Å². The van der Waals surface area contributed by atoms with Crippen LogP contribution < -0.4 is 0 Å². The normalized spacial score (nSPS) is 56.3. The summed E-state index contributed by atoms with van der Waals surface area (Å²) in [6.45, 7) is 8.48. The molecule has 3 nitrogen and oxygen atoms in total. The quantitative estimate of drug-likeness (QED) is 0.611. The second-order valence-electron chi connectivity index (χ2n) is 11.6. The highest BCUT2D eigenvalue weighted by molar-refractivity contribution is 8.00. The molecule has 0 radical (unpaired) electrons. The molecule has 6 rings (SSSR count). The fourth-order valence-electron chi connectivity index (χ4n) is 9.63. The molecule has 2 bridgehead atoms. The molecule has 7 unspecified atom stereocenters. The lowest BCUT2D eigenvalue weighted by molar-refractivity contribution is -0.250. The van der Waals surface area contributed by atoms with Gasteiger partial charge in [-0.1, -0.05) is 13.8 Å². The van der Waals surface area contributed by atoms with E-state index >= 15 is 0 Å². The molecule has 4 aliphatic carbocycles. The van der Waals surface area contributed by atoms with Gasteiger partial charge in [0.05, 0.1) is 13.2 Å². The molecule has 0 N–H and O–H groups in total. The van der Waals surface area contributed by atoms with Crippen LogP contribution in [0.15, 0.2) is 0 Å². The highest BCUT2D eigenvalue weighted by Crippen LogP contribution is 2.77. The summed E-state index contributed by atoms with van der Waals surface area (Å²) in [5.41, 5.74) is 1.10. The van der Waals surface area contributed by atoms with Gasteiger partial charge in [0.25, 0.3) is 0 Å². The van der Waals surface area contributed by atoms with Crippen molar-refractivity contribution in [2.24, 2.45) is 39.9 Å². The van der Waals surface area contributed by atoms with Crippen LogP contribution in [0.25, 0.3) is 0 Å². The summed E-state index contributed by atoms with van der Waals surface area (Å²) in [7, 11) is 0. The van der Waals surface area contributed by atoms with Crippen molar-refractivity contribution >= 4 is 17.5 Å². The second kappa shape index (κ2) is 5.79. The molecular formula is C24H36O3S. The summed E-state index contributed by atoms with van der Waals surface area (Å²) in [4.78, 5) is 12.4. The maximum atomic E-state index is 12.4. The van der Waals surface area contributed by atoms with Crippen molar-refractivity contribution in [2.45, 2.75) is 83.2 Å². The maximum Gasteiger partial charge on any atom is 0.169 e. The lowest BCUT2D eigenvalue weighted by Crippen LogP contribution is -2.63. The first-order valence-electron chi connectivity index (χ1n) is 11.7. The highest BCUT2D eigenvalue weighted by Gasteiger charge is 2.72. The zero-order valence-corrected chi connectivity index (χ0v) is 18.6. The van der Waals surface area contributed by atoms with Gasteiger partial charge >= 0.3 is 0 Å². The molecule has 8 atom stereocenters. The van der Waals surface area contributed by atoms with Crippen LogP contribution in [0.1, 0.15) is 72.1 Å². The van der Waals surface area contributed by atoms with Gasteiger partial charge in [0.15, 0.2) is 5.79 Å². The summed E-state index contributed by atoms with van der Waals surface area (Å²) >= 11 is 2.28. The molecule has 0 aromatic rings. The number of ketones is 1. The lowest BCUT2D eigenvalue weighted by Gasteiger charge is -2.65. The zero-order chi connectivity index (χ0) is 19.4. The van der Waals surface area contributed by atoms with Gasteiger partial charge in [0.2, 0.25) is 0 Å². The minimum Gasteiger partial charge on any atom is -0.348 e. The van der Waals surface area contributed by atoms with Crippen molar-refractivity contribution in [2.75, 3.05) is 19.0 Å². The smallest absolute Gasteiger partial charge is 0.169 e. The Bertz CT molecular complexity index is 702. The molecule has 2 heterocycles. The molecule has 156 valence electrons. The minimum absolute atomic E-state index is 0.273. The Balaban J connectivity index is 1.36. The summed E-state index contributed by atoms with van der Waals surface area (Å²) in [5, 5.41) is 0.748. The molecule has 0 aromatic carbocycles. The van der Waals surface area contributed by atoms with E-state index in [9.17, 15) is 4.79 Å². The predicted octanol–water partition coefficient (Wildman–Crippen LogP) is 5.07. The molecule has 0 aromatic heterocycles. The molecular weight excluding hydrogens is 368 g/mol. The summed E-state index contributed by atoms with van der Waals surface area (Å²) in [5.74, 6) is 4.33. The van der Waals surface area contributed by atoms with E-state index in [1.165, 1.54) is 37.9 Å². The first kappa shape index (κ1) is 18.7. The van der Waals surface area contributed by atoms with Crippen LogP contribution in [0, 0.1) is 39.9 Å². The number of carbonyl (C=O) groups is 1. The molecule has 4 heteroatoms. The Morgan fingerprint density at radius 2 is 1.79 bits per heavy atom. The molecule has 6 aliphatic rings. The van der Waals surface area contributed by atoms with Gasteiger partial charge in [-0.05, 0) is 79.4 Å². The third kappa shape index (κ3) is 2.09. The van der Waals surface area contributed by atoms with Crippen molar-refractivity contribution in [3.8, 4) is 0 Å². The molecule has 4 saturated carbocycles. The number of thioether (sulfide) groups is 1. The van der Waals surface area contributed by atoms with E-state index in [-0.39, 0.29) is 11.2 Å². The fraction of sp³-hybridized carbons (Fsp3) is 0.958. The van der Waals surface area contributed by atoms with Gasteiger partial charge in [-0.15, -0.1) is 0 Å². The van der Waals surface area contributed by atoms with E-state index in [2.05, 4.69) is 25.6 Å². The van der Waals surface area contributed by atoms with E-state index in [0.29, 0.717) is 22.5 Å². The van der Waals surface area contributed by atoms with Crippen LogP contribution in [0.3, 0.4) is 0 Å². The Morgan fingerprint density at radius 1 is 1.00 bits per heavy atom. The number of ether oxygens (including phenoxy) is 2. The first-order chi connectivity index (χ1) is 13.3. The average molecular weight is 405 g/mol. The SMILES string of the molecule is CC(=O)C1CCC2C3CC4SCC5(CCC6(C[C@]45C)OCCO6)C3CCC12C. The number of fused-ring (bicyclic) bond motifs is 3. The van der Waals surface area contributed by atoms with Crippen LogP contribution >= 0.6 is 11.8 Å². The number of hydrogen-bond donors (Lipinski definition) is 0. The fourth-order valence-corrected chi connectivity index (χ4v) is 11.9. The van der Waals surface area contributed by atoms with Crippen LogP contribution in [-0.2, 0) is 14.3 Å². The third-order valence-electron chi connectivity index (χ3n) is 10.9. The largest absolute Gasteiger partial charge is 0.348 e. The summed E-state index contributed by atoms with van der Waals surface area (Å²) in [6.07, 6.45) is 9.92. The van der Waals surface area contributed by atoms with Crippen LogP contribution in [0.4, 0.5) is 0 Å². The first-order valence-corrected chi connectivity index (χ1v) is 12.8. The topological polar surface area (TPSA) is 35.5 Å². The molecule has 6 fully saturated rings. The molecule has 1 spiro atoms. The van der Waals surface area contributed by atoms with E-state index < -0.39 is 0 Å². The van der Waals surface area contributed by atoms with Gasteiger partial charge in [-0.3, -0.25) is 4.79 Å². The monoisotopic (exact) mass is 404 g/mol. The van der Waals surface area contributed by atoms with E-state index in [0.717, 1.165) is 55.5 Å². The van der Waals surface area contributed by atoms with Crippen molar-refractivity contribution < 1.29 is 14.3 Å². The van der Waals surface area contributed by atoms with E-state index in [1.54, 1.807) is 0 Å². The average Bonchev–Trinajstić information content (AvgIpc) is 3.28. The van der Waals surface area contributed by atoms with Crippen molar-refractivity contribution in [3.63, 3.8) is 0 Å².